The van der Waals surface area contributed by atoms with Crippen LogP contribution in [0.3, 0.4) is 0 Å². The molecular formula is C12H16O3. The third-order valence-corrected chi connectivity index (χ3v) is 2.54. The molecule has 3 nitrogen and oxygen atoms in total. The molecule has 0 amide bonds. The second-order valence-corrected chi connectivity index (χ2v) is 3.77. The van der Waals surface area contributed by atoms with Crippen LogP contribution in [0, 0.1) is 0 Å². The maximum Gasteiger partial charge on any atom is 0.161 e. The number of benzene rings is 1. The molecule has 1 aromatic rings. The van der Waals surface area contributed by atoms with Gasteiger partial charge in [0.05, 0.1) is 6.10 Å². The first-order valence-corrected chi connectivity index (χ1v) is 5.38. The van der Waals surface area contributed by atoms with Gasteiger partial charge >= 0.3 is 0 Å². The summed E-state index contributed by atoms with van der Waals surface area (Å²) in [7, 11) is 0. The maximum atomic E-state index is 9.79. The van der Waals surface area contributed by atoms with Gasteiger partial charge in [0.15, 0.2) is 17.6 Å². The fraction of sp³-hybridized carbons (Fsp3) is 0.500. The lowest BCUT2D eigenvalue weighted by Gasteiger charge is -2.29. The van der Waals surface area contributed by atoms with Crippen molar-refractivity contribution < 1.29 is 14.6 Å². The lowest BCUT2D eigenvalue weighted by atomic mass is 10.1. The van der Waals surface area contributed by atoms with E-state index in [-0.39, 0.29) is 6.10 Å². The van der Waals surface area contributed by atoms with Crippen LogP contribution in [0.25, 0.3) is 0 Å². The molecule has 1 N–H and O–H groups in total. The van der Waals surface area contributed by atoms with Crippen molar-refractivity contribution in [2.45, 2.75) is 32.0 Å². The van der Waals surface area contributed by atoms with E-state index in [0.717, 1.165) is 24.3 Å². The van der Waals surface area contributed by atoms with Crippen LogP contribution >= 0.6 is 0 Å². The Morgan fingerprint density at radius 1 is 1.40 bits per heavy atom. The summed E-state index contributed by atoms with van der Waals surface area (Å²) >= 11 is 0. The number of aliphatic hydroxyl groups is 1. The summed E-state index contributed by atoms with van der Waals surface area (Å²) in [5, 5.41) is 9.79. The quantitative estimate of drug-likeness (QED) is 0.825. The molecule has 0 aliphatic carbocycles. The molecule has 0 saturated heterocycles. The van der Waals surface area contributed by atoms with Gasteiger partial charge < -0.3 is 14.6 Å². The first kappa shape index (κ1) is 10.3. The van der Waals surface area contributed by atoms with Gasteiger partial charge in [-0.15, -0.1) is 0 Å². The normalized spacial score (nSPS) is 21.1. The standard InChI is InChI=1S/C12H16O3/c1-2-5-9(13)12-8-14-10-6-3-4-7-11(10)15-12/h3-4,6-7,9,12-13H,2,5,8H2,1H3/t9-,12?/m0/s1. The van der Waals surface area contributed by atoms with Gasteiger partial charge in [0.25, 0.3) is 0 Å². The number of hydrogen-bond donors (Lipinski definition) is 1. The van der Waals surface area contributed by atoms with E-state index < -0.39 is 6.10 Å². The molecule has 1 aliphatic rings. The van der Waals surface area contributed by atoms with Crippen LogP contribution in [0.15, 0.2) is 24.3 Å². The summed E-state index contributed by atoms with van der Waals surface area (Å²) in [4.78, 5) is 0. The summed E-state index contributed by atoms with van der Waals surface area (Å²) in [6.45, 7) is 2.47. The molecule has 2 rings (SSSR count). The highest BCUT2D eigenvalue weighted by Gasteiger charge is 2.26. The molecule has 82 valence electrons. The molecule has 2 atom stereocenters. The van der Waals surface area contributed by atoms with Crippen LogP contribution in [-0.2, 0) is 0 Å². The molecule has 15 heavy (non-hydrogen) atoms. The zero-order valence-corrected chi connectivity index (χ0v) is 8.85. The van der Waals surface area contributed by atoms with Gasteiger partial charge in [-0.25, -0.2) is 0 Å². The maximum absolute atomic E-state index is 9.79. The van der Waals surface area contributed by atoms with Gasteiger partial charge in [-0.3, -0.25) is 0 Å². The molecule has 3 heteroatoms. The van der Waals surface area contributed by atoms with Crippen LogP contribution in [0.2, 0.25) is 0 Å². The number of ether oxygens (including phenoxy) is 2. The molecule has 0 aromatic heterocycles. The first-order valence-electron chi connectivity index (χ1n) is 5.38. The number of aliphatic hydroxyl groups excluding tert-OH is 1. The second-order valence-electron chi connectivity index (χ2n) is 3.77. The first-order chi connectivity index (χ1) is 7.31. The molecular weight excluding hydrogens is 192 g/mol. The minimum atomic E-state index is -0.441. The van der Waals surface area contributed by atoms with Gasteiger partial charge in [-0.2, -0.15) is 0 Å². The third-order valence-electron chi connectivity index (χ3n) is 2.54. The van der Waals surface area contributed by atoms with E-state index in [9.17, 15) is 5.11 Å². The van der Waals surface area contributed by atoms with Crippen molar-refractivity contribution in [3.8, 4) is 11.5 Å². The summed E-state index contributed by atoms with van der Waals surface area (Å²) in [5.74, 6) is 1.49. The predicted molar refractivity (Wildman–Crippen MR) is 57.3 cm³/mol. The summed E-state index contributed by atoms with van der Waals surface area (Å²) in [6, 6.07) is 7.54. The minimum absolute atomic E-state index is 0.236. The molecule has 0 spiro atoms. The van der Waals surface area contributed by atoms with E-state index in [1.807, 2.05) is 31.2 Å². The van der Waals surface area contributed by atoms with Crippen molar-refractivity contribution in [3.63, 3.8) is 0 Å². The van der Waals surface area contributed by atoms with Crippen molar-refractivity contribution in [2.24, 2.45) is 0 Å². The van der Waals surface area contributed by atoms with Crippen molar-refractivity contribution in [1.82, 2.24) is 0 Å². The smallest absolute Gasteiger partial charge is 0.161 e. The van der Waals surface area contributed by atoms with E-state index in [2.05, 4.69) is 0 Å². The Morgan fingerprint density at radius 2 is 2.13 bits per heavy atom. The molecule has 0 radical (unpaired) electrons. The van der Waals surface area contributed by atoms with E-state index in [0.29, 0.717) is 6.61 Å². The van der Waals surface area contributed by atoms with Crippen molar-refractivity contribution >= 4 is 0 Å². The molecule has 0 saturated carbocycles. The van der Waals surface area contributed by atoms with E-state index >= 15 is 0 Å². The molecule has 1 aromatic carbocycles. The SMILES string of the molecule is CCC[C@H](O)C1COc2ccccc2O1. The van der Waals surface area contributed by atoms with E-state index in [4.69, 9.17) is 9.47 Å². The average molecular weight is 208 g/mol. The monoisotopic (exact) mass is 208 g/mol. The Kier molecular flexibility index (Phi) is 3.11. The Hall–Kier alpha value is -1.22. The van der Waals surface area contributed by atoms with E-state index in [1.165, 1.54) is 0 Å². The van der Waals surface area contributed by atoms with Gasteiger partial charge in [-0.05, 0) is 18.6 Å². The Labute approximate surface area is 89.6 Å². The number of hydrogen-bond acceptors (Lipinski definition) is 3. The average Bonchev–Trinajstić information content (AvgIpc) is 2.29. The number of rotatable bonds is 3. The summed E-state index contributed by atoms with van der Waals surface area (Å²) in [6.07, 6.45) is 1.02. The molecule has 1 heterocycles. The highest BCUT2D eigenvalue weighted by atomic mass is 16.6. The van der Waals surface area contributed by atoms with Gasteiger partial charge in [0.1, 0.15) is 6.61 Å². The lowest BCUT2D eigenvalue weighted by molar-refractivity contribution is -0.0138. The van der Waals surface area contributed by atoms with Crippen molar-refractivity contribution in [2.75, 3.05) is 6.61 Å². The van der Waals surface area contributed by atoms with Crippen LogP contribution in [0.4, 0.5) is 0 Å². The Balaban J connectivity index is 2.05. The number of fused-ring (bicyclic) bond motifs is 1. The molecule has 0 fully saturated rings. The minimum Gasteiger partial charge on any atom is -0.486 e. The zero-order chi connectivity index (χ0) is 10.7. The topological polar surface area (TPSA) is 38.7 Å². The fourth-order valence-corrected chi connectivity index (χ4v) is 1.71. The van der Waals surface area contributed by atoms with Crippen LogP contribution in [0.5, 0.6) is 11.5 Å². The second kappa shape index (κ2) is 4.53. The van der Waals surface area contributed by atoms with Crippen LogP contribution in [0.1, 0.15) is 19.8 Å². The zero-order valence-electron chi connectivity index (χ0n) is 8.85. The van der Waals surface area contributed by atoms with Crippen molar-refractivity contribution in [1.29, 1.82) is 0 Å². The predicted octanol–water partition coefficient (Wildman–Crippen LogP) is 1.99. The Bertz CT molecular complexity index is 324. The third kappa shape index (κ3) is 2.23. The van der Waals surface area contributed by atoms with E-state index in [1.54, 1.807) is 0 Å². The fourth-order valence-electron chi connectivity index (χ4n) is 1.71. The highest BCUT2D eigenvalue weighted by Crippen LogP contribution is 2.31. The highest BCUT2D eigenvalue weighted by molar-refractivity contribution is 5.40. The van der Waals surface area contributed by atoms with Crippen LogP contribution < -0.4 is 9.47 Å². The molecule has 1 aliphatic heterocycles. The van der Waals surface area contributed by atoms with Gasteiger partial charge in [0, 0.05) is 0 Å². The summed E-state index contributed by atoms with van der Waals surface area (Å²) < 4.78 is 11.2. The Morgan fingerprint density at radius 3 is 2.87 bits per heavy atom. The van der Waals surface area contributed by atoms with Gasteiger partial charge in [0.2, 0.25) is 0 Å². The lowest BCUT2D eigenvalue weighted by Crippen LogP contribution is -2.39. The number of para-hydroxylation sites is 2. The van der Waals surface area contributed by atoms with Crippen LogP contribution in [-0.4, -0.2) is 23.9 Å². The molecule has 0 bridgehead atoms. The van der Waals surface area contributed by atoms with Gasteiger partial charge in [-0.1, -0.05) is 25.5 Å². The largest absolute Gasteiger partial charge is 0.486 e. The summed E-state index contributed by atoms with van der Waals surface area (Å²) in [5.41, 5.74) is 0. The molecule has 1 unspecified atom stereocenters. The van der Waals surface area contributed by atoms with Crippen molar-refractivity contribution in [3.05, 3.63) is 24.3 Å².